The van der Waals surface area contributed by atoms with E-state index in [2.05, 4.69) is 23.4 Å². The molecule has 0 saturated carbocycles. The third kappa shape index (κ3) is 4.46. The minimum absolute atomic E-state index is 0.179. The molecule has 0 amide bonds. The molecule has 0 aliphatic carbocycles. The van der Waals surface area contributed by atoms with Crippen molar-refractivity contribution >= 4 is 0 Å². The second kappa shape index (κ2) is 7.20. The number of aromatic nitrogens is 2. The maximum absolute atomic E-state index is 13.0. The fraction of sp³-hybridized carbons (Fsp3) is 0.438. The molecule has 3 nitrogen and oxygen atoms in total. The van der Waals surface area contributed by atoms with Crippen LogP contribution in [0, 0.1) is 11.7 Å². The van der Waals surface area contributed by atoms with E-state index in [1.165, 1.54) is 17.7 Å². The van der Waals surface area contributed by atoms with Gasteiger partial charge < -0.3 is 5.32 Å². The van der Waals surface area contributed by atoms with E-state index >= 15 is 0 Å². The highest BCUT2D eigenvalue weighted by Gasteiger charge is 2.12. The van der Waals surface area contributed by atoms with E-state index in [4.69, 9.17) is 0 Å². The molecular weight excluding hydrogens is 253 g/mol. The van der Waals surface area contributed by atoms with Gasteiger partial charge in [0, 0.05) is 13.2 Å². The molecule has 0 aliphatic heterocycles. The van der Waals surface area contributed by atoms with Gasteiger partial charge in [-0.1, -0.05) is 19.1 Å². The molecule has 1 N–H and O–H groups in total. The predicted octanol–water partition coefficient (Wildman–Crippen LogP) is 2.57. The van der Waals surface area contributed by atoms with Crippen LogP contribution in [-0.2, 0) is 19.9 Å². The van der Waals surface area contributed by atoms with E-state index in [9.17, 15) is 4.39 Å². The summed E-state index contributed by atoms with van der Waals surface area (Å²) in [7, 11) is 1.93. The third-order valence-electron chi connectivity index (χ3n) is 3.39. The number of aryl methyl sites for hydroxylation is 1. The van der Waals surface area contributed by atoms with Crippen LogP contribution in [0.2, 0.25) is 0 Å². The minimum atomic E-state index is -0.179. The van der Waals surface area contributed by atoms with Crippen LogP contribution in [0.5, 0.6) is 0 Å². The summed E-state index contributed by atoms with van der Waals surface area (Å²) in [5, 5.41) is 7.84. The summed E-state index contributed by atoms with van der Waals surface area (Å²) < 4.78 is 14.8. The molecule has 0 saturated heterocycles. The number of nitrogens with one attached hydrogen (secondary N) is 1. The van der Waals surface area contributed by atoms with Crippen molar-refractivity contribution in [2.75, 3.05) is 13.1 Å². The number of halogens is 1. The van der Waals surface area contributed by atoms with Crippen LogP contribution >= 0.6 is 0 Å². The lowest BCUT2D eigenvalue weighted by Crippen LogP contribution is -2.25. The fourth-order valence-electron chi connectivity index (χ4n) is 2.39. The highest BCUT2D eigenvalue weighted by molar-refractivity contribution is 5.17. The molecule has 1 aromatic carbocycles. The Morgan fingerprint density at radius 1 is 1.20 bits per heavy atom. The zero-order chi connectivity index (χ0) is 14.4. The monoisotopic (exact) mass is 275 g/mol. The minimum Gasteiger partial charge on any atom is -0.317 e. The van der Waals surface area contributed by atoms with Crippen molar-refractivity contribution in [1.29, 1.82) is 0 Å². The molecular formula is C16H22FN3. The van der Waals surface area contributed by atoms with Gasteiger partial charge in [-0.15, -0.1) is 0 Å². The van der Waals surface area contributed by atoms with Gasteiger partial charge in [-0.05, 0) is 55.6 Å². The first-order chi connectivity index (χ1) is 9.67. The van der Waals surface area contributed by atoms with Gasteiger partial charge in [-0.25, -0.2) is 4.39 Å². The average molecular weight is 275 g/mol. The lowest BCUT2D eigenvalue weighted by atomic mass is 9.94. The highest BCUT2D eigenvalue weighted by atomic mass is 19.1. The maximum atomic E-state index is 13.0. The molecule has 1 unspecified atom stereocenters. The van der Waals surface area contributed by atoms with Gasteiger partial charge in [0.2, 0.25) is 0 Å². The molecule has 0 fully saturated rings. The molecule has 2 aromatic rings. The van der Waals surface area contributed by atoms with E-state index in [-0.39, 0.29) is 5.82 Å². The molecule has 2 rings (SSSR count). The molecule has 20 heavy (non-hydrogen) atoms. The highest BCUT2D eigenvalue weighted by Crippen LogP contribution is 2.14. The number of benzene rings is 1. The summed E-state index contributed by atoms with van der Waals surface area (Å²) in [6.45, 7) is 4.02. The standard InChI is InChI=1S/C16H22FN3/c1-3-18-12-14(11-16-8-9-20(2)19-16)10-13-4-6-15(17)7-5-13/h4-9,14,18H,3,10-12H2,1-2H3. The molecule has 1 heterocycles. The van der Waals surface area contributed by atoms with Crippen LogP contribution in [0.4, 0.5) is 4.39 Å². The number of hydrogen-bond acceptors (Lipinski definition) is 2. The summed E-state index contributed by atoms with van der Waals surface area (Å²) in [6, 6.07) is 8.85. The van der Waals surface area contributed by atoms with Gasteiger partial charge in [0.15, 0.2) is 0 Å². The first kappa shape index (κ1) is 14.7. The summed E-state index contributed by atoms with van der Waals surface area (Å²) in [5.74, 6) is 0.289. The first-order valence-electron chi connectivity index (χ1n) is 7.11. The van der Waals surface area contributed by atoms with Crippen molar-refractivity contribution in [3.05, 3.63) is 53.6 Å². The third-order valence-corrected chi connectivity index (χ3v) is 3.39. The topological polar surface area (TPSA) is 29.9 Å². The van der Waals surface area contributed by atoms with E-state index in [1.807, 2.05) is 30.1 Å². The van der Waals surface area contributed by atoms with Crippen LogP contribution in [-0.4, -0.2) is 22.9 Å². The smallest absolute Gasteiger partial charge is 0.123 e. The van der Waals surface area contributed by atoms with Crippen molar-refractivity contribution < 1.29 is 4.39 Å². The summed E-state index contributed by atoms with van der Waals surface area (Å²) in [5.41, 5.74) is 2.28. The molecule has 0 bridgehead atoms. The fourth-order valence-corrected chi connectivity index (χ4v) is 2.39. The van der Waals surface area contributed by atoms with Crippen LogP contribution in [0.1, 0.15) is 18.2 Å². The Hall–Kier alpha value is -1.68. The second-order valence-corrected chi connectivity index (χ2v) is 5.19. The number of hydrogen-bond donors (Lipinski definition) is 1. The van der Waals surface area contributed by atoms with Gasteiger partial charge in [0.05, 0.1) is 5.69 Å². The SMILES string of the molecule is CCNCC(Cc1ccc(F)cc1)Cc1ccn(C)n1. The van der Waals surface area contributed by atoms with Crippen molar-refractivity contribution in [2.24, 2.45) is 13.0 Å². The summed E-state index contributed by atoms with van der Waals surface area (Å²) >= 11 is 0. The van der Waals surface area contributed by atoms with Crippen molar-refractivity contribution in [3.63, 3.8) is 0 Å². The molecule has 0 spiro atoms. The zero-order valence-corrected chi connectivity index (χ0v) is 12.1. The van der Waals surface area contributed by atoms with E-state index < -0.39 is 0 Å². The second-order valence-electron chi connectivity index (χ2n) is 5.19. The Kier molecular flexibility index (Phi) is 5.30. The quantitative estimate of drug-likeness (QED) is 0.841. The number of rotatable bonds is 7. The zero-order valence-electron chi connectivity index (χ0n) is 12.1. The van der Waals surface area contributed by atoms with Crippen LogP contribution < -0.4 is 5.32 Å². The lowest BCUT2D eigenvalue weighted by Gasteiger charge is -2.16. The molecule has 4 heteroatoms. The van der Waals surface area contributed by atoms with Gasteiger partial charge in [0.25, 0.3) is 0 Å². The molecule has 0 aliphatic rings. The van der Waals surface area contributed by atoms with Crippen molar-refractivity contribution in [3.8, 4) is 0 Å². The van der Waals surface area contributed by atoms with Gasteiger partial charge >= 0.3 is 0 Å². The average Bonchev–Trinajstić information content (AvgIpc) is 2.84. The molecule has 108 valence electrons. The Morgan fingerprint density at radius 2 is 1.95 bits per heavy atom. The van der Waals surface area contributed by atoms with Gasteiger partial charge in [0.1, 0.15) is 5.82 Å². The van der Waals surface area contributed by atoms with E-state index in [0.717, 1.165) is 31.6 Å². The normalized spacial score (nSPS) is 12.6. The predicted molar refractivity (Wildman–Crippen MR) is 79.0 cm³/mol. The van der Waals surface area contributed by atoms with Crippen molar-refractivity contribution in [1.82, 2.24) is 15.1 Å². The molecule has 0 radical (unpaired) electrons. The van der Waals surface area contributed by atoms with Crippen molar-refractivity contribution in [2.45, 2.75) is 19.8 Å². The first-order valence-corrected chi connectivity index (χ1v) is 7.11. The van der Waals surface area contributed by atoms with Crippen LogP contribution in [0.15, 0.2) is 36.5 Å². The summed E-state index contributed by atoms with van der Waals surface area (Å²) in [6.07, 6.45) is 3.84. The largest absolute Gasteiger partial charge is 0.317 e. The summed E-state index contributed by atoms with van der Waals surface area (Å²) in [4.78, 5) is 0. The molecule has 1 aromatic heterocycles. The van der Waals surface area contributed by atoms with E-state index in [0.29, 0.717) is 5.92 Å². The van der Waals surface area contributed by atoms with Crippen LogP contribution in [0.3, 0.4) is 0 Å². The maximum Gasteiger partial charge on any atom is 0.123 e. The number of nitrogens with zero attached hydrogens (tertiary/aromatic N) is 2. The van der Waals surface area contributed by atoms with Gasteiger partial charge in [-0.3, -0.25) is 4.68 Å². The van der Waals surface area contributed by atoms with E-state index in [1.54, 1.807) is 0 Å². The van der Waals surface area contributed by atoms with Gasteiger partial charge in [-0.2, -0.15) is 5.10 Å². The molecule has 1 atom stereocenters. The van der Waals surface area contributed by atoms with Crippen LogP contribution in [0.25, 0.3) is 0 Å². The Labute approximate surface area is 119 Å². The lowest BCUT2D eigenvalue weighted by molar-refractivity contribution is 0.471. The Morgan fingerprint density at radius 3 is 2.55 bits per heavy atom. The Balaban J connectivity index is 2.00. The Bertz CT molecular complexity index is 519.